The standard InChI is InChI=1S/C41H83N2O6P/c1-6-8-10-12-14-16-18-20-21-23-25-27-29-31-33-35-41(45)42-39(38-49-50(46,47)48-37-36-43(3,4)5)40(44)34-32-30-28-26-24-22-19-17-15-13-11-9-7-2/h32,34,39-40,44H,6-31,33,35-38H2,1-5H3,(H-,42,45,46,47)/b34-32+/t39-,40+/m1/s1. The molecule has 0 fully saturated rings. The van der Waals surface area contributed by atoms with E-state index in [1.165, 1.54) is 135 Å². The molecule has 2 N–H and O–H groups in total. The molecule has 50 heavy (non-hydrogen) atoms. The molecule has 0 aromatic carbocycles. The molecule has 1 amide bonds. The highest BCUT2D eigenvalue weighted by Crippen LogP contribution is 2.38. The normalized spacial score (nSPS) is 14.6. The minimum Gasteiger partial charge on any atom is -0.756 e. The molecule has 0 spiro atoms. The van der Waals surface area contributed by atoms with E-state index in [-0.39, 0.29) is 19.1 Å². The minimum absolute atomic E-state index is 0.00190. The van der Waals surface area contributed by atoms with Crippen LogP contribution in [-0.2, 0) is 18.4 Å². The number of phosphoric acid groups is 1. The van der Waals surface area contributed by atoms with Gasteiger partial charge >= 0.3 is 0 Å². The number of carbonyl (C=O) groups excluding carboxylic acids is 1. The van der Waals surface area contributed by atoms with Crippen molar-refractivity contribution in [3.8, 4) is 0 Å². The predicted molar refractivity (Wildman–Crippen MR) is 210 cm³/mol. The van der Waals surface area contributed by atoms with E-state index in [0.29, 0.717) is 17.4 Å². The zero-order chi connectivity index (χ0) is 37.2. The van der Waals surface area contributed by atoms with E-state index >= 15 is 0 Å². The first-order chi connectivity index (χ1) is 24.0. The van der Waals surface area contributed by atoms with Crippen molar-refractivity contribution in [3.05, 3.63) is 12.2 Å². The van der Waals surface area contributed by atoms with E-state index < -0.39 is 20.0 Å². The summed E-state index contributed by atoms with van der Waals surface area (Å²) in [5.41, 5.74) is 0. The van der Waals surface area contributed by atoms with Crippen LogP contribution in [0, 0.1) is 0 Å². The van der Waals surface area contributed by atoms with Crippen molar-refractivity contribution >= 4 is 13.7 Å². The van der Waals surface area contributed by atoms with E-state index in [1.807, 2.05) is 27.2 Å². The summed E-state index contributed by atoms with van der Waals surface area (Å²) >= 11 is 0. The lowest BCUT2D eigenvalue weighted by atomic mass is 10.0. The lowest BCUT2D eigenvalue weighted by Gasteiger charge is -2.29. The number of nitrogens with one attached hydrogen (secondary N) is 1. The number of allylic oxidation sites excluding steroid dienone is 1. The number of aliphatic hydroxyl groups is 1. The Morgan fingerprint density at radius 2 is 1.08 bits per heavy atom. The second-order valence-corrected chi connectivity index (χ2v) is 17.1. The van der Waals surface area contributed by atoms with Crippen LogP contribution in [0.15, 0.2) is 12.2 Å². The van der Waals surface area contributed by atoms with Crippen molar-refractivity contribution in [2.24, 2.45) is 0 Å². The van der Waals surface area contributed by atoms with E-state index in [2.05, 4.69) is 19.2 Å². The Morgan fingerprint density at radius 1 is 0.680 bits per heavy atom. The Labute approximate surface area is 310 Å². The Kier molecular flexibility index (Phi) is 33.5. The van der Waals surface area contributed by atoms with Gasteiger partial charge in [0.05, 0.1) is 39.9 Å². The van der Waals surface area contributed by atoms with Crippen LogP contribution >= 0.6 is 7.82 Å². The molecule has 3 atom stereocenters. The maximum Gasteiger partial charge on any atom is 0.268 e. The van der Waals surface area contributed by atoms with Gasteiger partial charge in [-0.2, -0.15) is 0 Å². The summed E-state index contributed by atoms with van der Waals surface area (Å²) in [6.07, 6.45) is 36.7. The number of aliphatic hydroxyl groups excluding tert-OH is 1. The molecule has 0 saturated heterocycles. The second-order valence-electron chi connectivity index (χ2n) is 15.7. The molecule has 0 aliphatic carbocycles. The second kappa shape index (κ2) is 34.0. The number of hydrogen-bond acceptors (Lipinski definition) is 6. The van der Waals surface area contributed by atoms with Crippen molar-refractivity contribution in [2.75, 3.05) is 40.9 Å². The van der Waals surface area contributed by atoms with E-state index in [9.17, 15) is 19.4 Å². The molecule has 0 bridgehead atoms. The van der Waals surface area contributed by atoms with Crippen molar-refractivity contribution in [1.29, 1.82) is 0 Å². The first-order valence-electron chi connectivity index (χ1n) is 21.1. The number of rotatable bonds is 38. The van der Waals surface area contributed by atoms with Crippen LogP contribution in [0.1, 0.15) is 194 Å². The quantitative estimate of drug-likeness (QED) is 0.0283. The number of quaternary nitrogens is 1. The van der Waals surface area contributed by atoms with Gasteiger partial charge in [-0.05, 0) is 19.3 Å². The number of phosphoric ester groups is 1. The molecule has 8 nitrogen and oxygen atoms in total. The number of amides is 1. The van der Waals surface area contributed by atoms with Crippen LogP contribution in [0.2, 0.25) is 0 Å². The summed E-state index contributed by atoms with van der Waals surface area (Å²) in [4.78, 5) is 25.2. The maximum atomic E-state index is 12.8. The smallest absolute Gasteiger partial charge is 0.268 e. The molecule has 0 aliphatic heterocycles. The summed E-state index contributed by atoms with van der Waals surface area (Å²) in [5.74, 6) is -0.196. The van der Waals surface area contributed by atoms with Crippen LogP contribution in [-0.4, -0.2) is 68.5 Å². The Morgan fingerprint density at radius 3 is 1.50 bits per heavy atom. The SMILES string of the molecule is CCCCCCCCCCCCC/C=C/[C@H](O)[C@@H](COP(=O)([O-])OCC[N+](C)(C)C)NC(=O)CCCCCCCCCCCCCCCCC. The Bertz CT molecular complexity index is 834. The van der Waals surface area contributed by atoms with Gasteiger partial charge in [0.1, 0.15) is 13.2 Å². The van der Waals surface area contributed by atoms with Gasteiger partial charge in [0.2, 0.25) is 5.91 Å². The van der Waals surface area contributed by atoms with Crippen molar-refractivity contribution in [3.63, 3.8) is 0 Å². The lowest BCUT2D eigenvalue weighted by Crippen LogP contribution is -2.45. The average Bonchev–Trinajstić information content (AvgIpc) is 3.06. The fourth-order valence-corrected chi connectivity index (χ4v) is 6.82. The van der Waals surface area contributed by atoms with Gasteiger partial charge in [0, 0.05) is 6.42 Å². The molecule has 9 heteroatoms. The first-order valence-corrected chi connectivity index (χ1v) is 22.5. The maximum absolute atomic E-state index is 12.8. The molecule has 0 saturated carbocycles. The van der Waals surface area contributed by atoms with Gasteiger partial charge in [-0.25, -0.2) is 0 Å². The molecular weight excluding hydrogens is 647 g/mol. The van der Waals surface area contributed by atoms with Gasteiger partial charge in [-0.15, -0.1) is 0 Å². The zero-order valence-corrected chi connectivity index (χ0v) is 34.5. The van der Waals surface area contributed by atoms with Crippen molar-refractivity contribution < 1.29 is 32.9 Å². The third kappa shape index (κ3) is 35.6. The Balaban J connectivity index is 4.44. The highest BCUT2D eigenvalue weighted by Gasteiger charge is 2.23. The number of unbranched alkanes of at least 4 members (excludes halogenated alkanes) is 25. The van der Waals surface area contributed by atoms with Crippen molar-refractivity contribution in [1.82, 2.24) is 5.32 Å². The molecule has 0 radical (unpaired) electrons. The molecule has 0 aromatic heterocycles. The average molecular weight is 731 g/mol. The summed E-state index contributed by atoms with van der Waals surface area (Å²) in [7, 11) is 1.27. The van der Waals surface area contributed by atoms with Gasteiger partial charge in [0.25, 0.3) is 7.82 Å². The predicted octanol–water partition coefficient (Wildman–Crippen LogP) is 10.6. The van der Waals surface area contributed by atoms with Crippen LogP contribution in [0.4, 0.5) is 0 Å². The number of hydrogen-bond donors (Lipinski definition) is 2. The Hall–Kier alpha value is -0.760. The molecule has 0 aliphatic rings. The van der Waals surface area contributed by atoms with Gasteiger partial charge in [-0.3, -0.25) is 9.36 Å². The summed E-state index contributed by atoms with van der Waals surface area (Å²) in [6, 6.07) is -0.878. The highest BCUT2D eigenvalue weighted by molar-refractivity contribution is 7.45. The van der Waals surface area contributed by atoms with Crippen LogP contribution in [0.25, 0.3) is 0 Å². The minimum atomic E-state index is -4.58. The molecular formula is C41H83N2O6P. The van der Waals surface area contributed by atoms with Crippen LogP contribution in [0.3, 0.4) is 0 Å². The monoisotopic (exact) mass is 731 g/mol. The van der Waals surface area contributed by atoms with E-state index in [1.54, 1.807) is 6.08 Å². The third-order valence-corrected chi connectivity index (χ3v) is 10.5. The number of likely N-dealkylation sites (N-methyl/N-ethyl adjacent to an activating group) is 1. The molecule has 0 aromatic rings. The zero-order valence-electron chi connectivity index (χ0n) is 33.6. The fourth-order valence-electron chi connectivity index (χ4n) is 6.09. The molecule has 0 rings (SSSR count). The summed E-state index contributed by atoms with van der Waals surface area (Å²) in [5, 5.41) is 13.7. The van der Waals surface area contributed by atoms with Crippen LogP contribution in [0.5, 0.6) is 0 Å². The highest BCUT2D eigenvalue weighted by atomic mass is 31.2. The number of nitrogens with zero attached hydrogens (tertiary/aromatic N) is 1. The summed E-state index contributed by atoms with van der Waals surface area (Å²) < 4.78 is 23.1. The third-order valence-electron chi connectivity index (χ3n) is 9.50. The van der Waals surface area contributed by atoms with Gasteiger partial charge in [0.15, 0.2) is 0 Å². The van der Waals surface area contributed by atoms with Gasteiger partial charge in [-0.1, -0.05) is 180 Å². The summed E-state index contributed by atoms with van der Waals surface area (Å²) in [6.45, 7) is 4.64. The fraction of sp³-hybridized carbons (Fsp3) is 0.927. The largest absolute Gasteiger partial charge is 0.756 e. The van der Waals surface area contributed by atoms with Gasteiger partial charge < -0.3 is 28.8 Å². The molecule has 298 valence electrons. The number of carbonyl (C=O) groups is 1. The van der Waals surface area contributed by atoms with Crippen LogP contribution < -0.4 is 10.2 Å². The van der Waals surface area contributed by atoms with Crippen molar-refractivity contribution in [2.45, 2.75) is 206 Å². The first kappa shape index (κ1) is 49.2. The van der Waals surface area contributed by atoms with E-state index in [0.717, 1.165) is 38.5 Å². The lowest BCUT2D eigenvalue weighted by molar-refractivity contribution is -0.870. The molecule has 1 unspecified atom stereocenters. The molecule has 0 heterocycles. The topological polar surface area (TPSA) is 108 Å². The van der Waals surface area contributed by atoms with E-state index in [4.69, 9.17) is 9.05 Å².